The van der Waals surface area contributed by atoms with E-state index < -0.39 is 0 Å². The molecule has 2 nitrogen and oxygen atoms in total. The van der Waals surface area contributed by atoms with Crippen LogP contribution in [0.5, 0.6) is 0 Å². The van der Waals surface area contributed by atoms with Crippen molar-refractivity contribution in [3.63, 3.8) is 0 Å². The highest BCUT2D eigenvalue weighted by Gasteiger charge is 2.24. The van der Waals surface area contributed by atoms with E-state index in [0.29, 0.717) is 0 Å². The second-order valence-corrected chi connectivity index (χ2v) is 4.94. The zero-order valence-corrected chi connectivity index (χ0v) is 11.9. The number of nitrogens with zero attached hydrogens (tertiary/aromatic N) is 1. The number of hydrogen-bond acceptors (Lipinski definition) is 1. The Morgan fingerprint density at radius 3 is 1.69 bits per heavy atom. The van der Waals surface area contributed by atoms with Crippen LogP contribution in [0.4, 0.5) is 0 Å². The van der Waals surface area contributed by atoms with Gasteiger partial charge in [0.1, 0.15) is 6.54 Å². The molecule has 0 aromatic heterocycles. The molecule has 0 saturated heterocycles. The lowest BCUT2D eigenvalue weighted by Crippen LogP contribution is -2.51. The highest BCUT2D eigenvalue weighted by Crippen LogP contribution is 2.13. The molecule has 0 heterocycles. The third kappa shape index (κ3) is 6.49. The number of rotatable bonds is 11. The third-order valence-corrected chi connectivity index (χ3v) is 3.44. The van der Waals surface area contributed by atoms with E-state index in [0.717, 1.165) is 6.61 Å². The van der Waals surface area contributed by atoms with Crippen molar-refractivity contribution in [1.82, 2.24) is 0 Å². The molecule has 0 saturated carbocycles. The van der Waals surface area contributed by atoms with E-state index in [1.807, 2.05) is 7.11 Å². The van der Waals surface area contributed by atoms with E-state index in [-0.39, 0.29) is 0 Å². The van der Waals surface area contributed by atoms with E-state index in [1.165, 1.54) is 62.8 Å². The van der Waals surface area contributed by atoms with Crippen LogP contribution in [0.25, 0.3) is 0 Å². The molecule has 0 fully saturated rings. The predicted octanol–water partition coefficient (Wildman–Crippen LogP) is 3.46. The van der Waals surface area contributed by atoms with Crippen molar-refractivity contribution in [2.45, 2.75) is 52.9 Å². The summed E-state index contributed by atoms with van der Waals surface area (Å²) in [7, 11) is 1.82. The van der Waals surface area contributed by atoms with Gasteiger partial charge in [0.15, 0.2) is 0 Å². The van der Waals surface area contributed by atoms with E-state index >= 15 is 0 Å². The summed E-state index contributed by atoms with van der Waals surface area (Å²) in [5, 5.41) is 0. The van der Waals surface area contributed by atoms with Gasteiger partial charge in [-0.2, -0.15) is 0 Å². The zero-order chi connectivity index (χ0) is 12.3. The van der Waals surface area contributed by atoms with Crippen LogP contribution in [0, 0.1) is 0 Å². The average molecular weight is 230 g/mol. The first kappa shape index (κ1) is 15.9. The molecule has 0 atom stereocenters. The molecule has 0 aromatic carbocycles. The summed E-state index contributed by atoms with van der Waals surface area (Å²) >= 11 is 0. The number of hydrogen-bond donors (Lipinski definition) is 0. The summed E-state index contributed by atoms with van der Waals surface area (Å²) in [6.07, 6.45) is 6.61. The van der Waals surface area contributed by atoms with Crippen molar-refractivity contribution >= 4 is 0 Å². The highest BCUT2D eigenvalue weighted by molar-refractivity contribution is 4.47. The number of ether oxygens (including phenoxy) is 1. The average Bonchev–Trinajstić information content (AvgIpc) is 2.31. The van der Waals surface area contributed by atoms with Crippen LogP contribution in [0.1, 0.15) is 52.9 Å². The van der Waals surface area contributed by atoms with Crippen LogP contribution in [0.15, 0.2) is 0 Å². The Kier molecular flexibility index (Phi) is 10.0. The maximum absolute atomic E-state index is 5.29. The van der Waals surface area contributed by atoms with Crippen molar-refractivity contribution < 1.29 is 9.22 Å². The standard InChI is InChI=1S/C14H32NO/c1-5-8-11-15(10-7-3,12-9-6-2)13-14-16-4/h5-14H2,1-4H3/q+1. The minimum absolute atomic E-state index is 0.910. The summed E-state index contributed by atoms with van der Waals surface area (Å²) in [6.45, 7) is 13.0. The normalized spacial score (nSPS) is 12.0. The maximum Gasteiger partial charge on any atom is 0.102 e. The first-order valence-corrected chi connectivity index (χ1v) is 7.08. The Hall–Kier alpha value is -0.0800. The van der Waals surface area contributed by atoms with Gasteiger partial charge in [0.2, 0.25) is 0 Å². The van der Waals surface area contributed by atoms with Crippen molar-refractivity contribution in [3.05, 3.63) is 0 Å². The molecule has 0 aliphatic heterocycles. The van der Waals surface area contributed by atoms with Gasteiger partial charge in [0.25, 0.3) is 0 Å². The lowest BCUT2D eigenvalue weighted by molar-refractivity contribution is -0.929. The van der Waals surface area contributed by atoms with E-state index in [4.69, 9.17) is 4.74 Å². The minimum atomic E-state index is 0.910. The summed E-state index contributed by atoms with van der Waals surface area (Å²) in [4.78, 5) is 0. The molecule has 16 heavy (non-hydrogen) atoms. The van der Waals surface area contributed by atoms with Gasteiger partial charge in [0.05, 0.1) is 26.2 Å². The Morgan fingerprint density at radius 2 is 1.31 bits per heavy atom. The molecule has 0 aliphatic carbocycles. The van der Waals surface area contributed by atoms with Gasteiger partial charge in [-0.25, -0.2) is 0 Å². The fourth-order valence-electron chi connectivity index (χ4n) is 2.42. The van der Waals surface area contributed by atoms with Crippen molar-refractivity contribution in [2.75, 3.05) is 39.9 Å². The van der Waals surface area contributed by atoms with Crippen molar-refractivity contribution in [1.29, 1.82) is 0 Å². The van der Waals surface area contributed by atoms with Crippen LogP contribution in [-0.4, -0.2) is 44.4 Å². The molecule has 98 valence electrons. The summed E-state index contributed by atoms with van der Waals surface area (Å²) in [6, 6.07) is 0. The van der Waals surface area contributed by atoms with Crippen LogP contribution in [-0.2, 0) is 4.74 Å². The summed E-state index contributed by atoms with van der Waals surface area (Å²) in [5.41, 5.74) is 0. The monoisotopic (exact) mass is 230 g/mol. The van der Waals surface area contributed by atoms with Gasteiger partial charge in [-0.3, -0.25) is 0 Å². The fraction of sp³-hybridized carbons (Fsp3) is 1.00. The topological polar surface area (TPSA) is 9.23 Å². The molecule has 0 N–H and O–H groups in total. The Labute approximate surface area is 103 Å². The SMILES string of the molecule is CCCC[N+](CCC)(CCCC)CCOC. The summed E-state index contributed by atoms with van der Waals surface area (Å²) < 4.78 is 6.57. The van der Waals surface area contributed by atoms with E-state index in [9.17, 15) is 0 Å². The van der Waals surface area contributed by atoms with Gasteiger partial charge >= 0.3 is 0 Å². The smallest absolute Gasteiger partial charge is 0.102 e. The minimum Gasteiger partial charge on any atom is -0.379 e. The van der Waals surface area contributed by atoms with E-state index in [2.05, 4.69) is 20.8 Å². The van der Waals surface area contributed by atoms with Crippen LogP contribution >= 0.6 is 0 Å². The molecular weight excluding hydrogens is 198 g/mol. The summed E-state index contributed by atoms with van der Waals surface area (Å²) in [5.74, 6) is 0. The third-order valence-electron chi connectivity index (χ3n) is 3.44. The van der Waals surface area contributed by atoms with Crippen LogP contribution in [0.2, 0.25) is 0 Å². The maximum atomic E-state index is 5.29. The lowest BCUT2D eigenvalue weighted by Gasteiger charge is -2.38. The van der Waals surface area contributed by atoms with Crippen LogP contribution in [0.3, 0.4) is 0 Å². The Morgan fingerprint density at radius 1 is 0.750 bits per heavy atom. The molecular formula is C14H32NO+. The van der Waals surface area contributed by atoms with Crippen molar-refractivity contribution in [3.8, 4) is 0 Å². The first-order valence-electron chi connectivity index (χ1n) is 7.08. The molecule has 0 radical (unpaired) electrons. The number of quaternary nitrogens is 1. The largest absolute Gasteiger partial charge is 0.379 e. The van der Waals surface area contributed by atoms with Crippen molar-refractivity contribution in [2.24, 2.45) is 0 Å². The molecule has 2 heteroatoms. The van der Waals surface area contributed by atoms with Gasteiger partial charge in [-0.15, -0.1) is 0 Å². The number of unbranched alkanes of at least 4 members (excludes halogenated alkanes) is 2. The van der Waals surface area contributed by atoms with Gasteiger partial charge in [-0.1, -0.05) is 33.6 Å². The lowest BCUT2D eigenvalue weighted by atomic mass is 10.2. The van der Waals surface area contributed by atoms with Gasteiger partial charge in [-0.05, 0) is 19.3 Å². The molecule has 0 aliphatic rings. The highest BCUT2D eigenvalue weighted by atomic mass is 16.5. The molecule has 0 bridgehead atoms. The van der Waals surface area contributed by atoms with Gasteiger partial charge < -0.3 is 9.22 Å². The molecule has 0 rings (SSSR count). The fourth-order valence-corrected chi connectivity index (χ4v) is 2.42. The van der Waals surface area contributed by atoms with Gasteiger partial charge in [0, 0.05) is 7.11 Å². The zero-order valence-electron chi connectivity index (χ0n) is 11.9. The quantitative estimate of drug-likeness (QED) is 0.494. The number of methoxy groups -OCH3 is 1. The van der Waals surface area contributed by atoms with E-state index in [1.54, 1.807) is 0 Å². The predicted molar refractivity (Wildman–Crippen MR) is 71.7 cm³/mol. The first-order chi connectivity index (χ1) is 7.74. The van der Waals surface area contributed by atoms with Crippen LogP contribution < -0.4 is 0 Å². The molecule has 0 aromatic rings. The Bertz CT molecular complexity index is 126. The second kappa shape index (κ2) is 10.1. The second-order valence-electron chi connectivity index (χ2n) is 4.94. The molecule has 0 spiro atoms. The molecule has 0 amide bonds. The molecule has 0 unspecified atom stereocenters. The Balaban J connectivity index is 4.32.